The number of aryl methyl sites for hydroxylation is 2. The van der Waals surface area contributed by atoms with Gasteiger partial charge in [-0.25, -0.2) is 0 Å². The van der Waals surface area contributed by atoms with E-state index in [1.165, 1.54) is 11.1 Å². The Bertz CT molecular complexity index is 789. The molecule has 0 amide bonds. The maximum Gasteiger partial charge on any atom is 0.230 e. The molecule has 0 unspecified atom stereocenters. The maximum atomic E-state index is 5.78. The molecule has 0 fully saturated rings. The third-order valence-electron chi connectivity index (χ3n) is 3.70. The Hall–Kier alpha value is -2.66. The van der Waals surface area contributed by atoms with Crippen molar-refractivity contribution in [3.63, 3.8) is 0 Å². The molecule has 3 aromatic rings. The summed E-state index contributed by atoms with van der Waals surface area (Å²) in [6, 6.07) is 14.0. The summed E-state index contributed by atoms with van der Waals surface area (Å²) in [5.74, 6) is 2.02. The molecule has 0 saturated carbocycles. The summed E-state index contributed by atoms with van der Waals surface area (Å²) in [4.78, 5) is 4.41. The summed E-state index contributed by atoms with van der Waals surface area (Å²) in [6.45, 7) is 5.13. The molecule has 0 saturated heterocycles. The van der Waals surface area contributed by atoms with Crippen LogP contribution in [0.1, 0.15) is 22.6 Å². The summed E-state index contributed by atoms with van der Waals surface area (Å²) in [6.07, 6.45) is 0.570. The van der Waals surface area contributed by atoms with E-state index in [0.29, 0.717) is 31.3 Å². The Morgan fingerprint density at radius 2 is 1.75 bits per heavy atom. The molecule has 3 rings (SSSR count). The van der Waals surface area contributed by atoms with Crippen molar-refractivity contribution in [2.24, 2.45) is 5.73 Å². The van der Waals surface area contributed by atoms with Gasteiger partial charge in [-0.3, -0.25) is 0 Å². The van der Waals surface area contributed by atoms with E-state index < -0.39 is 0 Å². The van der Waals surface area contributed by atoms with Gasteiger partial charge in [-0.15, -0.1) is 0 Å². The minimum absolute atomic E-state index is 0.497. The van der Waals surface area contributed by atoms with Gasteiger partial charge in [0, 0.05) is 12.1 Å². The molecule has 0 radical (unpaired) electrons. The van der Waals surface area contributed by atoms with Gasteiger partial charge in [0.05, 0.1) is 13.0 Å². The summed E-state index contributed by atoms with van der Waals surface area (Å²) in [5.41, 5.74) is 9.96. The molecule has 5 nitrogen and oxygen atoms in total. The number of hydrogen-bond acceptors (Lipinski definition) is 5. The minimum atomic E-state index is 0.497. The van der Waals surface area contributed by atoms with E-state index in [2.05, 4.69) is 30.1 Å². The molecular formula is C19H21N3O2. The lowest BCUT2D eigenvalue weighted by Gasteiger charge is -2.06. The molecule has 24 heavy (non-hydrogen) atoms. The normalized spacial score (nSPS) is 10.8. The number of aromatic nitrogens is 2. The van der Waals surface area contributed by atoms with Crippen LogP contribution in [0.3, 0.4) is 0 Å². The van der Waals surface area contributed by atoms with Crippen molar-refractivity contribution >= 4 is 0 Å². The largest absolute Gasteiger partial charge is 0.493 e. The monoisotopic (exact) mass is 323 g/mol. The smallest absolute Gasteiger partial charge is 0.230 e. The quantitative estimate of drug-likeness (QED) is 0.752. The van der Waals surface area contributed by atoms with Crippen LogP contribution in [0.25, 0.3) is 11.4 Å². The van der Waals surface area contributed by atoms with Crippen LogP contribution < -0.4 is 10.5 Å². The zero-order valence-corrected chi connectivity index (χ0v) is 14.0. The van der Waals surface area contributed by atoms with E-state index in [-0.39, 0.29) is 0 Å². The van der Waals surface area contributed by atoms with E-state index in [4.69, 9.17) is 15.0 Å². The highest BCUT2D eigenvalue weighted by molar-refractivity contribution is 5.54. The van der Waals surface area contributed by atoms with Gasteiger partial charge < -0.3 is 15.0 Å². The second-order valence-corrected chi connectivity index (χ2v) is 5.83. The molecule has 5 heteroatoms. The van der Waals surface area contributed by atoms with Gasteiger partial charge in [0.1, 0.15) is 5.75 Å². The summed E-state index contributed by atoms with van der Waals surface area (Å²) < 4.78 is 11.1. The Morgan fingerprint density at radius 3 is 2.42 bits per heavy atom. The molecule has 0 aliphatic heterocycles. The first-order chi connectivity index (χ1) is 11.6. The Labute approximate surface area is 141 Å². The zero-order valence-electron chi connectivity index (χ0n) is 14.0. The lowest BCUT2D eigenvalue weighted by atomic mass is 10.1. The zero-order chi connectivity index (χ0) is 16.9. The van der Waals surface area contributed by atoms with Crippen molar-refractivity contribution in [2.75, 3.05) is 6.61 Å². The molecule has 1 heterocycles. The fraction of sp³-hybridized carbons (Fsp3) is 0.263. The van der Waals surface area contributed by atoms with Crippen LogP contribution in [0, 0.1) is 13.8 Å². The summed E-state index contributed by atoms with van der Waals surface area (Å²) >= 11 is 0. The van der Waals surface area contributed by atoms with Gasteiger partial charge in [-0.2, -0.15) is 4.98 Å². The lowest BCUT2D eigenvalue weighted by molar-refractivity contribution is 0.292. The van der Waals surface area contributed by atoms with E-state index in [9.17, 15) is 0 Å². The molecule has 1 aromatic heterocycles. The predicted octanol–water partition coefficient (Wildman–Crippen LogP) is 3.43. The van der Waals surface area contributed by atoms with Crippen LogP contribution in [-0.2, 0) is 13.0 Å². The van der Waals surface area contributed by atoms with E-state index >= 15 is 0 Å². The number of rotatable bonds is 6. The standard InChI is InChI=1S/C19H21N3O2/c1-13-9-14(2)11-17(10-13)23-8-7-18-21-19(22-24-18)16-5-3-15(12-20)4-6-16/h3-6,9-11H,7-8,12,20H2,1-2H3. The van der Waals surface area contributed by atoms with Gasteiger partial charge >= 0.3 is 0 Å². The Kier molecular flexibility index (Phi) is 4.91. The SMILES string of the molecule is Cc1cc(C)cc(OCCc2nc(-c3ccc(CN)cc3)no2)c1. The fourth-order valence-electron chi connectivity index (χ4n) is 2.54. The van der Waals surface area contributed by atoms with Crippen molar-refractivity contribution in [1.82, 2.24) is 10.1 Å². The first kappa shape index (κ1) is 16.2. The Balaban J connectivity index is 1.59. The van der Waals surface area contributed by atoms with Gasteiger partial charge in [0.15, 0.2) is 0 Å². The van der Waals surface area contributed by atoms with Crippen molar-refractivity contribution in [1.29, 1.82) is 0 Å². The number of benzene rings is 2. The van der Waals surface area contributed by atoms with Crippen LogP contribution >= 0.6 is 0 Å². The second-order valence-electron chi connectivity index (χ2n) is 5.83. The average molecular weight is 323 g/mol. The molecular weight excluding hydrogens is 302 g/mol. The predicted molar refractivity (Wildman–Crippen MR) is 92.7 cm³/mol. The number of nitrogens with two attached hydrogens (primary N) is 1. The molecule has 2 N–H and O–H groups in total. The van der Waals surface area contributed by atoms with E-state index in [0.717, 1.165) is 16.9 Å². The first-order valence-electron chi connectivity index (χ1n) is 7.97. The molecule has 0 aliphatic rings. The van der Waals surface area contributed by atoms with Gasteiger partial charge in [-0.05, 0) is 42.7 Å². The van der Waals surface area contributed by atoms with Gasteiger partial charge in [-0.1, -0.05) is 35.5 Å². The van der Waals surface area contributed by atoms with Crippen LogP contribution in [0.5, 0.6) is 5.75 Å². The topological polar surface area (TPSA) is 74.2 Å². The molecule has 0 atom stereocenters. The Morgan fingerprint density at radius 1 is 1.04 bits per heavy atom. The van der Waals surface area contributed by atoms with Crippen molar-refractivity contribution < 1.29 is 9.26 Å². The van der Waals surface area contributed by atoms with Crippen LogP contribution in [0.15, 0.2) is 47.0 Å². The number of hydrogen-bond donors (Lipinski definition) is 1. The number of nitrogens with zero attached hydrogens (tertiary/aromatic N) is 2. The highest BCUT2D eigenvalue weighted by atomic mass is 16.5. The molecule has 0 spiro atoms. The van der Waals surface area contributed by atoms with Crippen LogP contribution in [0.4, 0.5) is 0 Å². The third kappa shape index (κ3) is 4.00. The van der Waals surface area contributed by atoms with Crippen LogP contribution in [0.2, 0.25) is 0 Å². The van der Waals surface area contributed by atoms with E-state index in [1.807, 2.05) is 36.4 Å². The molecule has 2 aromatic carbocycles. The van der Waals surface area contributed by atoms with Crippen molar-refractivity contribution in [3.05, 3.63) is 65.0 Å². The first-order valence-corrected chi connectivity index (χ1v) is 7.97. The third-order valence-corrected chi connectivity index (χ3v) is 3.70. The maximum absolute atomic E-state index is 5.78. The van der Waals surface area contributed by atoms with Gasteiger partial charge in [0.25, 0.3) is 0 Å². The molecule has 0 aliphatic carbocycles. The average Bonchev–Trinajstić information content (AvgIpc) is 3.03. The minimum Gasteiger partial charge on any atom is -0.493 e. The highest BCUT2D eigenvalue weighted by Gasteiger charge is 2.09. The van der Waals surface area contributed by atoms with Gasteiger partial charge in [0.2, 0.25) is 11.7 Å². The summed E-state index contributed by atoms with van der Waals surface area (Å²) in [5, 5.41) is 4.02. The van der Waals surface area contributed by atoms with Crippen molar-refractivity contribution in [2.45, 2.75) is 26.8 Å². The fourth-order valence-corrected chi connectivity index (χ4v) is 2.54. The molecule has 0 bridgehead atoms. The number of ether oxygens (including phenoxy) is 1. The highest BCUT2D eigenvalue weighted by Crippen LogP contribution is 2.18. The van der Waals surface area contributed by atoms with Crippen LogP contribution in [-0.4, -0.2) is 16.7 Å². The summed E-state index contributed by atoms with van der Waals surface area (Å²) in [7, 11) is 0. The molecule has 124 valence electrons. The van der Waals surface area contributed by atoms with Crippen molar-refractivity contribution in [3.8, 4) is 17.1 Å². The van der Waals surface area contributed by atoms with E-state index in [1.54, 1.807) is 0 Å². The lowest BCUT2D eigenvalue weighted by Crippen LogP contribution is -2.02. The second kappa shape index (κ2) is 7.27.